The molecule has 0 fully saturated rings. The average Bonchev–Trinajstić information content (AvgIpc) is 2.54. The van der Waals surface area contributed by atoms with Crippen molar-refractivity contribution in [3.8, 4) is 0 Å². The van der Waals surface area contributed by atoms with Crippen molar-refractivity contribution < 1.29 is 5.11 Å². The molecule has 0 aromatic heterocycles. The Morgan fingerprint density at radius 1 is 0.909 bits per heavy atom. The van der Waals surface area contributed by atoms with Crippen molar-refractivity contribution in [1.29, 1.82) is 0 Å². The zero-order valence-corrected chi connectivity index (χ0v) is 12.2. The van der Waals surface area contributed by atoms with E-state index in [-0.39, 0.29) is 0 Å². The van der Waals surface area contributed by atoms with Crippen LogP contribution in [0.3, 0.4) is 0 Å². The van der Waals surface area contributed by atoms with E-state index in [1.165, 1.54) is 0 Å². The van der Waals surface area contributed by atoms with Crippen LogP contribution in [0.4, 0.5) is 5.69 Å². The summed E-state index contributed by atoms with van der Waals surface area (Å²) in [6.45, 7) is 0. The standard InChI is InChI=1S/C20H17NO/c21-18-10-9-15-6-3-4-8-17(15)19(18)20(22)12-11-14-5-1-2-7-16(14)13-20/h1-12,22H,13,21H2/t20-/m1/s1. The van der Waals surface area contributed by atoms with E-state index >= 15 is 0 Å². The molecule has 1 atom stereocenters. The minimum absolute atomic E-state index is 0.540. The van der Waals surface area contributed by atoms with Gasteiger partial charge in [0.25, 0.3) is 0 Å². The molecule has 3 aromatic carbocycles. The van der Waals surface area contributed by atoms with Crippen molar-refractivity contribution >= 4 is 22.5 Å². The van der Waals surface area contributed by atoms with Gasteiger partial charge in [0.2, 0.25) is 0 Å². The van der Waals surface area contributed by atoms with Crippen LogP contribution in [0.1, 0.15) is 16.7 Å². The Bertz CT molecular complexity index is 897. The number of nitrogens with two attached hydrogens (primary N) is 1. The van der Waals surface area contributed by atoms with E-state index in [4.69, 9.17) is 5.73 Å². The van der Waals surface area contributed by atoms with Gasteiger partial charge in [-0.15, -0.1) is 0 Å². The number of aliphatic hydroxyl groups is 1. The predicted octanol–water partition coefficient (Wildman–Crippen LogP) is 3.88. The Morgan fingerprint density at radius 3 is 2.59 bits per heavy atom. The van der Waals surface area contributed by atoms with Gasteiger partial charge in [-0.3, -0.25) is 0 Å². The van der Waals surface area contributed by atoms with Gasteiger partial charge < -0.3 is 10.8 Å². The summed E-state index contributed by atoms with van der Waals surface area (Å²) in [6.07, 6.45) is 4.39. The largest absolute Gasteiger partial charge is 0.398 e. The summed E-state index contributed by atoms with van der Waals surface area (Å²) in [5, 5.41) is 13.4. The summed E-state index contributed by atoms with van der Waals surface area (Å²) in [6, 6.07) is 20.1. The van der Waals surface area contributed by atoms with Crippen LogP contribution in [0.2, 0.25) is 0 Å². The molecule has 2 nitrogen and oxygen atoms in total. The maximum atomic E-state index is 11.3. The van der Waals surface area contributed by atoms with Gasteiger partial charge in [-0.2, -0.15) is 0 Å². The molecule has 0 saturated carbocycles. The molecule has 0 unspecified atom stereocenters. The average molecular weight is 287 g/mol. The second-order valence-electron chi connectivity index (χ2n) is 5.88. The van der Waals surface area contributed by atoms with Crippen LogP contribution in [0.5, 0.6) is 0 Å². The van der Waals surface area contributed by atoms with E-state index < -0.39 is 5.60 Å². The zero-order chi connectivity index (χ0) is 15.2. The van der Waals surface area contributed by atoms with Crippen molar-refractivity contribution in [2.45, 2.75) is 12.0 Å². The topological polar surface area (TPSA) is 46.2 Å². The maximum Gasteiger partial charge on any atom is 0.115 e. The van der Waals surface area contributed by atoms with Gasteiger partial charge in [0, 0.05) is 17.7 Å². The highest BCUT2D eigenvalue weighted by atomic mass is 16.3. The molecule has 0 spiro atoms. The van der Waals surface area contributed by atoms with Crippen LogP contribution in [0.15, 0.2) is 66.7 Å². The van der Waals surface area contributed by atoms with E-state index in [2.05, 4.69) is 12.1 Å². The molecule has 0 aliphatic heterocycles. The summed E-state index contributed by atoms with van der Waals surface area (Å²) in [7, 11) is 0. The van der Waals surface area contributed by atoms with Gasteiger partial charge in [0.1, 0.15) is 5.60 Å². The second-order valence-corrected chi connectivity index (χ2v) is 5.88. The van der Waals surface area contributed by atoms with Crippen molar-refractivity contribution in [2.75, 3.05) is 5.73 Å². The first-order chi connectivity index (χ1) is 10.7. The normalized spacial score (nSPS) is 20.0. The number of hydrogen-bond donors (Lipinski definition) is 2. The molecule has 108 valence electrons. The molecule has 3 aromatic rings. The number of rotatable bonds is 1. The zero-order valence-electron chi connectivity index (χ0n) is 12.2. The van der Waals surface area contributed by atoms with Crippen molar-refractivity contribution in [2.24, 2.45) is 0 Å². The highest BCUT2D eigenvalue weighted by molar-refractivity contribution is 5.91. The second kappa shape index (κ2) is 4.72. The number of fused-ring (bicyclic) bond motifs is 2. The van der Waals surface area contributed by atoms with Gasteiger partial charge in [0.05, 0.1) is 0 Å². The molecular formula is C20H17NO. The molecular weight excluding hydrogens is 270 g/mol. The summed E-state index contributed by atoms with van der Waals surface area (Å²) >= 11 is 0. The summed E-state index contributed by atoms with van der Waals surface area (Å²) in [4.78, 5) is 0. The van der Waals surface area contributed by atoms with Crippen molar-refractivity contribution in [3.63, 3.8) is 0 Å². The molecule has 4 rings (SSSR count). The van der Waals surface area contributed by atoms with Crippen molar-refractivity contribution in [3.05, 3.63) is 83.4 Å². The SMILES string of the molecule is Nc1ccc2ccccc2c1[C@@]1(O)C=Cc2ccccc2C1. The van der Waals surface area contributed by atoms with Gasteiger partial charge in [0.15, 0.2) is 0 Å². The Hall–Kier alpha value is -2.58. The lowest BCUT2D eigenvalue weighted by Gasteiger charge is -2.31. The molecule has 3 N–H and O–H groups in total. The van der Waals surface area contributed by atoms with Gasteiger partial charge in [-0.05, 0) is 34.0 Å². The van der Waals surface area contributed by atoms with E-state index in [0.717, 1.165) is 27.5 Å². The molecule has 0 heterocycles. The molecule has 22 heavy (non-hydrogen) atoms. The fraction of sp³-hybridized carbons (Fsp3) is 0.100. The summed E-state index contributed by atoms with van der Waals surface area (Å²) in [5.74, 6) is 0. The lowest BCUT2D eigenvalue weighted by Crippen LogP contribution is -2.29. The number of hydrogen-bond acceptors (Lipinski definition) is 2. The number of nitrogen functional groups attached to an aromatic ring is 1. The lowest BCUT2D eigenvalue weighted by molar-refractivity contribution is 0.0916. The Labute approximate surface area is 129 Å². The number of benzene rings is 3. The third-order valence-corrected chi connectivity index (χ3v) is 4.45. The monoisotopic (exact) mass is 287 g/mol. The van der Waals surface area contributed by atoms with Gasteiger partial charge in [-0.1, -0.05) is 60.7 Å². The predicted molar refractivity (Wildman–Crippen MR) is 91.4 cm³/mol. The highest BCUT2D eigenvalue weighted by Gasteiger charge is 2.33. The number of anilines is 1. The molecule has 0 radical (unpaired) electrons. The molecule has 0 saturated heterocycles. The van der Waals surface area contributed by atoms with E-state index in [1.54, 1.807) is 0 Å². The smallest absolute Gasteiger partial charge is 0.115 e. The molecule has 1 aliphatic carbocycles. The summed E-state index contributed by atoms with van der Waals surface area (Å²) in [5.41, 5.74) is 8.89. The quantitative estimate of drug-likeness (QED) is 0.667. The minimum Gasteiger partial charge on any atom is -0.398 e. The molecule has 2 heteroatoms. The maximum absolute atomic E-state index is 11.3. The molecule has 0 bridgehead atoms. The Kier molecular flexibility index (Phi) is 2.81. The van der Waals surface area contributed by atoms with Crippen LogP contribution >= 0.6 is 0 Å². The third kappa shape index (κ3) is 1.92. The van der Waals surface area contributed by atoms with E-state index in [1.807, 2.05) is 60.7 Å². The van der Waals surface area contributed by atoms with Crippen LogP contribution in [-0.4, -0.2) is 5.11 Å². The van der Waals surface area contributed by atoms with Crippen molar-refractivity contribution in [1.82, 2.24) is 0 Å². The minimum atomic E-state index is -1.07. The Balaban J connectivity index is 1.95. The van der Waals surface area contributed by atoms with Gasteiger partial charge >= 0.3 is 0 Å². The van der Waals surface area contributed by atoms with Crippen LogP contribution < -0.4 is 5.73 Å². The lowest BCUT2D eigenvalue weighted by atomic mass is 9.79. The molecule has 1 aliphatic rings. The van der Waals surface area contributed by atoms with Crippen LogP contribution in [0.25, 0.3) is 16.8 Å². The fourth-order valence-corrected chi connectivity index (χ4v) is 3.38. The highest BCUT2D eigenvalue weighted by Crippen LogP contribution is 2.40. The first-order valence-corrected chi connectivity index (χ1v) is 7.45. The van der Waals surface area contributed by atoms with E-state index in [0.29, 0.717) is 12.1 Å². The summed E-state index contributed by atoms with van der Waals surface area (Å²) < 4.78 is 0. The fourth-order valence-electron chi connectivity index (χ4n) is 3.38. The first kappa shape index (κ1) is 13.1. The van der Waals surface area contributed by atoms with E-state index in [9.17, 15) is 5.11 Å². The Morgan fingerprint density at radius 2 is 1.68 bits per heavy atom. The van der Waals surface area contributed by atoms with Crippen LogP contribution in [-0.2, 0) is 12.0 Å². The third-order valence-electron chi connectivity index (χ3n) is 4.45. The molecule has 0 amide bonds. The van der Waals surface area contributed by atoms with Gasteiger partial charge in [-0.25, -0.2) is 0 Å². The van der Waals surface area contributed by atoms with Crippen LogP contribution in [0, 0.1) is 0 Å². The first-order valence-electron chi connectivity index (χ1n) is 7.45.